The van der Waals surface area contributed by atoms with Crippen molar-refractivity contribution >= 4 is 12.6 Å². The summed E-state index contributed by atoms with van der Waals surface area (Å²) in [4.78, 5) is 0. The first-order chi connectivity index (χ1) is 6.15. The predicted molar refractivity (Wildman–Crippen MR) is 58.3 cm³/mol. The van der Waals surface area contributed by atoms with Gasteiger partial charge in [-0.1, -0.05) is 6.07 Å². The molecule has 1 unspecified atom stereocenters. The van der Waals surface area contributed by atoms with E-state index in [1.165, 1.54) is 0 Å². The Morgan fingerprint density at radius 2 is 2.23 bits per heavy atom. The molecule has 0 saturated carbocycles. The molecule has 1 aromatic carbocycles. The standard InChI is InChI=1S/C10H15NOS/c1-3-12-9-5-4-8(10(11)13)6-7(9)2/h4-6,10,13H,3,11H2,1-2H3. The molecule has 0 radical (unpaired) electrons. The van der Waals surface area contributed by atoms with Crippen LogP contribution in [-0.2, 0) is 0 Å². The summed E-state index contributed by atoms with van der Waals surface area (Å²) in [5.74, 6) is 0.917. The monoisotopic (exact) mass is 197 g/mol. The summed E-state index contributed by atoms with van der Waals surface area (Å²) in [5, 5.41) is -0.214. The first kappa shape index (κ1) is 10.4. The van der Waals surface area contributed by atoms with Gasteiger partial charge in [0.05, 0.1) is 12.0 Å². The van der Waals surface area contributed by atoms with E-state index >= 15 is 0 Å². The van der Waals surface area contributed by atoms with Gasteiger partial charge in [-0.25, -0.2) is 0 Å². The number of aryl methyl sites for hydroxylation is 1. The molecule has 0 bridgehead atoms. The van der Waals surface area contributed by atoms with Gasteiger partial charge in [-0.3, -0.25) is 0 Å². The van der Waals surface area contributed by atoms with E-state index in [1.54, 1.807) is 0 Å². The van der Waals surface area contributed by atoms with Crippen LogP contribution in [0, 0.1) is 6.92 Å². The Balaban J connectivity index is 2.92. The molecular formula is C10H15NOS. The van der Waals surface area contributed by atoms with Gasteiger partial charge >= 0.3 is 0 Å². The Morgan fingerprint density at radius 3 is 2.69 bits per heavy atom. The molecule has 2 nitrogen and oxygen atoms in total. The minimum atomic E-state index is -0.214. The molecule has 3 heteroatoms. The Morgan fingerprint density at radius 1 is 1.54 bits per heavy atom. The molecule has 13 heavy (non-hydrogen) atoms. The molecule has 0 saturated heterocycles. The maximum Gasteiger partial charge on any atom is 0.122 e. The number of rotatable bonds is 3. The quantitative estimate of drug-likeness (QED) is 0.576. The minimum absolute atomic E-state index is 0.214. The van der Waals surface area contributed by atoms with Crippen LogP contribution < -0.4 is 10.5 Å². The highest BCUT2D eigenvalue weighted by molar-refractivity contribution is 7.80. The molecule has 72 valence electrons. The summed E-state index contributed by atoms with van der Waals surface area (Å²) in [6.07, 6.45) is 0. The molecule has 0 spiro atoms. The van der Waals surface area contributed by atoms with Gasteiger partial charge in [-0.2, -0.15) is 12.6 Å². The van der Waals surface area contributed by atoms with Crippen LogP contribution in [0.3, 0.4) is 0 Å². The fourth-order valence-corrected chi connectivity index (χ4v) is 1.33. The first-order valence-electron chi connectivity index (χ1n) is 4.32. The fourth-order valence-electron chi connectivity index (χ4n) is 1.17. The van der Waals surface area contributed by atoms with Crippen LogP contribution in [0.2, 0.25) is 0 Å². The van der Waals surface area contributed by atoms with Gasteiger partial charge in [0, 0.05) is 0 Å². The molecule has 1 rings (SSSR count). The van der Waals surface area contributed by atoms with Crippen LogP contribution in [0.25, 0.3) is 0 Å². The molecule has 0 fully saturated rings. The summed E-state index contributed by atoms with van der Waals surface area (Å²) in [7, 11) is 0. The third-order valence-electron chi connectivity index (χ3n) is 1.84. The van der Waals surface area contributed by atoms with Crippen LogP contribution in [0.5, 0.6) is 5.75 Å². The first-order valence-corrected chi connectivity index (χ1v) is 4.83. The second-order valence-electron chi connectivity index (χ2n) is 2.90. The lowest BCUT2D eigenvalue weighted by molar-refractivity contribution is 0.338. The van der Waals surface area contributed by atoms with Crippen LogP contribution in [0.4, 0.5) is 0 Å². The van der Waals surface area contributed by atoms with Crippen molar-refractivity contribution < 1.29 is 4.74 Å². The number of hydrogen-bond acceptors (Lipinski definition) is 3. The summed E-state index contributed by atoms with van der Waals surface area (Å²) in [6, 6.07) is 5.88. The van der Waals surface area contributed by atoms with Crippen molar-refractivity contribution in [3.63, 3.8) is 0 Å². The number of benzene rings is 1. The van der Waals surface area contributed by atoms with Crippen LogP contribution >= 0.6 is 12.6 Å². The molecule has 0 aliphatic carbocycles. The molecule has 1 atom stereocenters. The number of ether oxygens (including phenoxy) is 1. The smallest absolute Gasteiger partial charge is 0.122 e. The van der Waals surface area contributed by atoms with Crippen molar-refractivity contribution in [1.29, 1.82) is 0 Å². The van der Waals surface area contributed by atoms with Gasteiger partial charge in [0.15, 0.2) is 0 Å². The zero-order chi connectivity index (χ0) is 9.84. The van der Waals surface area contributed by atoms with Crippen LogP contribution in [-0.4, -0.2) is 6.61 Å². The topological polar surface area (TPSA) is 35.2 Å². The van der Waals surface area contributed by atoms with Gasteiger partial charge in [0.2, 0.25) is 0 Å². The van der Waals surface area contributed by atoms with Gasteiger partial charge in [0.1, 0.15) is 5.75 Å². The van der Waals surface area contributed by atoms with Crippen molar-refractivity contribution in [1.82, 2.24) is 0 Å². The molecule has 0 heterocycles. The number of nitrogens with two attached hydrogens (primary N) is 1. The van der Waals surface area contributed by atoms with Crippen molar-refractivity contribution in [2.75, 3.05) is 6.61 Å². The van der Waals surface area contributed by atoms with Crippen LogP contribution in [0.1, 0.15) is 23.4 Å². The van der Waals surface area contributed by atoms with Crippen molar-refractivity contribution in [2.45, 2.75) is 19.2 Å². The average Bonchev–Trinajstić information content (AvgIpc) is 2.08. The SMILES string of the molecule is CCOc1ccc(C(N)S)cc1C. The lowest BCUT2D eigenvalue weighted by atomic mass is 10.1. The molecule has 0 aliphatic rings. The van der Waals surface area contributed by atoms with E-state index < -0.39 is 0 Å². The Labute approximate surface area is 84.5 Å². The van der Waals surface area contributed by atoms with E-state index in [0.29, 0.717) is 6.61 Å². The van der Waals surface area contributed by atoms with E-state index in [2.05, 4.69) is 12.6 Å². The average molecular weight is 197 g/mol. The Hall–Kier alpha value is -0.670. The summed E-state index contributed by atoms with van der Waals surface area (Å²) >= 11 is 4.16. The predicted octanol–water partition coefficient (Wildman–Crippen LogP) is 2.28. The van der Waals surface area contributed by atoms with Gasteiger partial charge in [0.25, 0.3) is 0 Å². The van der Waals surface area contributed by atoms with Gasteiger partial charge in [-0.05, 0) is 37.1 Å². The van der Waals surface area contributed by atoms with Gasteiger partial charge < -0.3 is 10.5 Å². The van der Waals surface area contributed by atoms with E-state index in [0.717, 1.165) is 16.9 Å². The number of hydrogen-bond donors (Lipinski definition) is 2. The highest BCUT2D eigenvalue weighted by Crippen LogP contribution is 2.22. The second-order valence-corrected chi connectivity index (χ2v) is 3.46. The summed E-state index contributed by atoms with van der Waals surface area (Å²) in [6.45, 7) is 4.66. The largest absolute Gasteiger partial charge is 0.494 e. The molecule has 1 aromatic rings. The van der Waals surface area contributed by atoms with Crippen molar-refractivity contribution in [3.8, 4) is 5.75 Å². The van der Waals surface area contributed by atoms with E-state index in [1.807, 2.05) is 32.0 Å². The molecule has 2 N–H and O–H groups in total. The maximum absolute atomic E-state index is 5.63. The van der Waals surface area contributed by atoms with Crippen molar-refractivity contribution in [3.05, 3.63) is 29.3 Å². The molecule has 0 amide bonds. The zero-order valence-corrected chi connectivity index (χ0v) is 8.84. The second kappa shape index (κ2) is 4.53. The van der Waals surface area contributed by atoms with Gasteiger partial charge in [-0.15, -0.1) is 0 Å². The Bertz CT molecular complexity index is 286. The summed E-state index contributed by atoms with van der Waals surface area (Å²) < 4.78 is 5.41. The molecule has 0 aromatic heterocycles. The van der Waals surface area contributed by atoms with E-state index in [9.17, 15) is 0 Å². The lowest BCUT2D eigenvalue weighted by Crippen LogP contribution is -2.03. The zero-order valence-electron chi connectivity index (χ0n) is 7.95. The lowest BCUT2D eigenvalue weighted by Gasteiger charge is -2.10. The third-order valence-corrected chi connectivity index (χ3v) is 2.14. The molecular weight excluding hydrogens is 182 g/mol. The normalized spacial score (nSPS) is 12.6. The van der Waals surface area contributed by atoms with E-state index in [4.69, 9.17) is 10.5 Å². The van der Waals surface area contributed by atoms with Crippen molar-refractivity contribution in [2.24, 2.45) is 5.73 Å². The Kier molecular flexibility index (Phi) is 3.63. The van der Waals surface area contributed by atoms with E-state index in [-0.39, 0.29) is 5.37 Å². The fraction of sp³-hybridized carbons (Fsp3) is 0.400. The highest BCUT2D eigenvalue weighted by atomic mass is 32.1. The molecule has 0 aliphatic heterocycles. The third kappa shape index (κ3) is 2.64. The van der Waals surface area contributed by atoms with Crippen LogP contribution in [0.15, 0.2) is 18.2 Å². The summed E-state index contributed by atoms with van der Waals surface area (Å²) in [5.41, 5.74) is 7.75. The highest BCUT2D eigenvalue weighted by Gasteiger charge is 2.03. The maximum atomic E-state index is 5.63. The minimum Gasteiger partial charge on any atom is -0.494 e. The number of thiol groups is 1.